The zero-order valence-electron chi connectivity index (χ0n) is 15.1. The predicted molar refractivity (Wildman–Crippen MR) is 96.7 cm³/mol. The third-order valence-corrected chi connectivity index (χ3v) is 4.83. The van der Waals surface area contributed by atoms with Gasteiger partial charge in [0.25, 0.3) is 0 Å². The molecule has 2 saturated heterocycles. The van der Waals surface area contributed by atoms with Crippen molar-refractivity contribution < 1.29 is 28.5 Å². The van der Waals surface area contributed by atoms with Gasteiger partial charge in [-0.2, -0.15) is 0 Å². The molecule has 0 aliphatic carbocycles. The van der Waals surface area contributed by atoms with Crippen LogP contribution in [0, 0.1) is 0 Å². The molecule has 0 aromatic heterocycles. The average Bonchev–Trinajstić information content (AvgIpc) is 3.30. The second-order valence-corrected chi connectivity index (χ2v) is 6.60. The summed E-state index contributed by atoms with van der Waals surface area (Å²) in [6.45, 7) is 1.46. The smallest absolute Gasteiger partial charge is 0.337 e. The zero-order valence-corrected chi connectivity index (χ0v) is 15.1. The van der Waals surface area contributed by atoms with Crippen molar-refractivity contribution in [3.63, 3.8) is 0 Å². The first kappa shape index (κ1) is 18.0. The van der Waals surface area contributed by atoms with Crippen LogP contribution in [0.5, 0.6) is 5.75 Å². The number of esters is 1. The van der Waals surface area contributed by atoms with Crippen molar-refractivity contribution in [2.45, 2.75) is 31.0 Å². The number of methoxy groups -OCH3 is 1. The summed E-state index contributed by atoms with van der Waals surface area (Å²) >= 11 is 0. The van der Waals surface area contributed by atoms with E-state index < -0.39 is 0 Å². The van der Waals surface area contributed by atoms with Crippen molar-refractivity contribution >= 4 is 5.97 Å². The molecule has 27 heavy (non-hydrogen) atoms. The minimum absolute atomic E-state index is 0.106. The molecule has 0 spiro atoms. The van der Waals surface area contributed by atoms with E-state index >= 15 is 0 Å². The van der Waals surface area contributed by atoms with Gasteiger partial charge in [0.15, 0.2) is 6.10 Å². The molecule has 2 fully saturated rings. The highest BCUT2D eigenvalue weighted by Gasteiger charge is 2.49. The van der Waals surface area contributed by atoms with Crippen LogP contribution in [0.4, 0.5) is 0 Å². The molecule has 2 aromatic rings. The maximum atomic E-state index is 11.5. The number of ether oxygens (including phenoxy) is 5. The number of rotatable bonds is 6. The van der Waals surface area contributed by atoms with Crippen LogP contribution in [-0.2, 0) is 25.6 Å². The van der Waals surface area contributed by atoms with Gasteiger partial charge < -0.3 is 23.7 Å². The van der Waals surface area contributed by atoms with E-state index in [1.807, 2.05) is 30.3 Å². The Morgan fingerprint density at radius 3 is 2.33 bits per heavy atom. The van der Waals surface area contributed by atoms with Crippen molar-refractivity contribution in [1.82, 2.24) is 0 Å². The molecule has 2 aliphatic heterocycles. The standard InChI is InChI=1S/C21H22O6/c1-23-21(22)15-7-9-16(10-8-15)27-18-13-26-19-17(12-25-20(18)19)24-11-14-5-3-2-4-6-14/h2-10,17-20H,11-13H2,1H3/t17-,18-,19?,20?/m0/s1. The molecular formula is C21H22O6. The lowest BCUT2D eigenvalue weighted by Gasteiger charge is -2.18. The molecule has 142 valence electrons. The van der Waals surface area contributed by atoms with Gasteiger partial charge in [-0.15, -0.1) is 0 Å². The Kier molecular flexibility index (Phi) is 5.38. The number of benzene rings is 2. The third-order valence-electron chi connectivity index (χ3n) is 4.83. The number of carbonyl (C=O) groups excluding carboxylic acids is 1. The normalized spacial score (nSPS) is 26.6. The van der Waals surface area contributed by atoms with Crippen LogP contribution in [0.25, 0.3) is 0 Å². The number of carbonyl (C=O) groups is 1. The first-order valence-corrected chi connectivity index (χ1v) is 8.98. The number of fused-ring (bicyclic) bond motifs is 1. The molecule has 2 heterocycles. The highest BCUT2D eigenvalue weighted by Crippen LogP contribution is 2.32. The topological polar surface area (TPSA) is 63.2 Å². The predicted octanol–water partition coefficient (Wildman–Crippen LogP) is 2.60. The van der Waals surface area contributed by atoms with Crippen molar-refractivity contribution in [3.05, 3.63) is 65.7 Å². The average molecular weight is 370 g/mol. The summed E-state index contributed by atoms with van der Waals surface area (Å²) in [5, 5.41) is 0. The number of hydrogen-bond donors (Lipinski definition) is 0. The fraction of sp³-hybridized carbons (Fsp3) is 0.381. The van der Waals surface area contributed by atoms with Crippen LogP contribution in [0.15, 0.2) is 54.6 Å². The summed E-state index contributed by atoms with van der Waals surface area (Å²) in [5.41, 5.74) is 1.61. The van der Waals surface area contributed by atoms with Gasteiger partial charge in [-0.05, 0) is 29.8 Å². The van der Waals surface area contributed by atoms with Gasteiger partial charge >= 0.3 is 5.97 Å². The lowest BCUT2D eigenvalue weighted by molar-refractivity contribution is -0.0425. The van der Waals surface area contributed by atoms with E-state index in [2.05, 4.69) is 0 Å². The molecule has 0 amide bonds. The molecule has 0 N–H and O–H groups in total. The Hall–Kier alpha value is -2.41. The summed E-state index contributed by atoms with van der Waals surface area (Å²) in [6, 6.07) is 16.9. The van der Waals surface area contributed by atoms with Crippen molar-refractivity contribution in [1.29, 1.82) is 0 Å². The minimum atomic E-state index is -0.372. The molecular weight excluding hydrogens is 348 g/mol. The van der Waals surface area contributed by atoms with Gasteiger partial charge in [-0.3, -0.25) is 0 Å². The molecule has 0 radical (unpaired) electrons. The summed E-state index contributed by atoms with van der Waals surface area (Å²) in [6.07, 6.45) is -0.603. The minimum Gasteiger partial charge on any atom is -0.485 e. The lowest BCUT2D eigenvalue weighted by Crippen LogP contribution is -2.35. The maximum absolute atomic E-state index is 11.5. The van der Waals surface area contributed by atoms with E-state index in [1.165, 1.54) is 7.11 Å². The molecule has 2 aromatic carbocycles. The molecule has 4 atom stereocenters. The molecule has 0 saturated carbocycles. The van der Waals surface area contributed by atoms with Crippen LogP contribution >= 0.6 is 0 Å². The Balaban J connectivity index is 1.32. The summed E-state index contributed by atoms with van der Waals surface area (Å²) in [7, 11) is 1.36. The zero-order chi connectivity index (χ0) is 18.6. The Labute approximate surface area is 157 Å². The van der Waals surface area contributed by atoms with Crippen LogP contribution < -0.4 is 4.74 Å². The monoisotopic (exact) mass is 370 g/mol. The molecule has 0 bridgehead atoms. The van der Waals surface area contributed by atoms with E-state index in [1.54, 1.807) is 24.3 Å². The highest BCUT2D eigenvalue weighted by molar-refractivity contribution is 5.89. The second kappa shape index (κ2) is 8.08. The fourth-order valence-electron chi connectivity index (χ4n) is 3.41. The van der Waals surface area contributed by atoms with Crippen LogP contribution in [0.1, 0.15) is 15.9 Å². The Bertz CT molecular complexity index is 760. The molecule has 6 heteroatoms. The first-order valence-electron chi connectivity index (χ1n) is 8.98. The van der Waals surface area contributed by atoms with Gasteiger partial charge in [0.2, 0.25) is 0 Å². The van der Waals surface area contributed by atoms with Gasteiger partial charge in [0.05, 0.1) is 32.5 Å². The van der Waals surface area contributed by atoms with E-state index in [0.29, 0.717) is 31.1 Å². The molecule has 2 unspecified atom stereocenters. The van der Waals surface area contributed by atoms with Gasteiger partial charge in [0, 0.05) is 0 Å². The Morgan fingerprint density at radius 2 is 1.63 bits per heavy atom. The summed E-state index contributed by atoms with van der Waals surface area (Å²) < 4.78 is 28.5. The third kappa shape index (κ3) is 3.98. The van der Waals surface area contributed by atoms with Gasteiger partial charge in [-0.25, -0.2) is 4.79 Å². The van der Waals surface area contributed by atoms with E-state index in [0.717, 1.165) is 5.56 Å². The first-order chi connectivity index (χ1) is 13.2. The van der Waals surface area contributed by atoms with E-state index in [4.69, 9.17) is 23.7 Å². The second-order valence-electron chi connectivity index (χ2n) is 6.60. The molecule has 2 aliphatic rings. The van der Waals surface area contributed by atoms with Crippen molar-refractivity contribution in [2.24, 2.45) is 0 Å². The van der Waals surface area contributed by atoms with Crippen LogP contribution in [-0.4, -0.2) is 50.7 Å². The van der Waals surface area contributed by atoms with E-state index in [-0.39, 0.29) is 30.4 Å². The van der Waals surface area contributed by atoms with Crippen LogP contribution in [0.3, 0.4) is 0 Å². The van der Waals surface area contributed by atoms with Crippen LogP contribution in [0.2, 0.25) is 0 Å². The number of hydrogen-bond acceptors (Lipinski definition) is 6. The van der Waals surface area contributed by atoms with Crippen molar-refractivity contribution in [3.8, 4) is 5.75 Å². The molecule has 6 nitrogen and oxygen atoms in total. The lowest BCUT2D eigenvalue weighted by atomic mass is 10.1. The maximum Gasteiger partial charge on any atom is 0.337 e. The highest BCUT2D eigenvalue weighted by atomic mass is 16.6. The summed E-state index contributed by atoms with van der Waals surface area (Å²) in [4.78, 5) is 11.5. The quantitative estimate of drug-likeness (QED) is 0.729. The largest absolute Gasteiger partial charge is 0.485 e. The Morgan fingerprint density at radius 1 is 0.963 bits per heavy atom. The van der Waals surface area contributed by atoms with Gasteiger partial charge in [0.1, 0.15) is 24.1 Å². The molecule has 4 rings (SSSR count). The fourth-order valence-corrected chi connectivity index (χ4v) is 3.41. The van der Waals surface area contributed by atoms with E-state index in [9.17, 15) is 4.79 Å². The summed E-state index contributed by atoms with van der Waals surface area (Å²) in [5.74, 6) is 0.289. The SMILES string of the molecule is COC(=O)c1ccc(O[C@H]2COC3C2OC[C@@H]3OCc2ccccc2)cc1. The van der Waals surface area contributed by atoms with Gasteiger partial charge in [-0.1, -0.05) is 30.3 Å². The van der Waals surface area contributed by atoms with Crippen molar-refractivity contribution in [2.75, 3.05) is 20.3 Å².